The number of ether oxygens (including phenoxy) is 2. The molecule has 9 atom stereocenters. The second-order valence-corrected chi connectivity index (χ2v) is 23.9. The molecular formula is C65H129NO10. The minimum Gasteiger partial charge on any atom is -0.394 e. The molecule has 1 saturated heterocycles. The molecule has 0 aliphatic carbocycles. The molecule has 0 aromatic heterocycles. The molecule has 1 rings (SSSR count). The zero-order chi connectivity index (χ0) is 55.4. The van der Waals surface area contributed by atoms with Crippen molar-refractivity contribution in [1.29, 1.82) is 0 Å². The van der Waals surface area contributed by atoms with Crippen molar-refractivity contribution < 1.29 is 50.0 Å². The van der Waals surface area contributed by atoms with Crippen LogP contribution in [0.25, 0.3) is 0 Å². The van der Waals surface area contributed by atoms with Crippen LogP contribution in [0.15, 0.2) is 0 Å². The number of carbonyl (C=O) groups is 1. The van der Waals surface area contributed by atoms with Crippen LogP contribution >= 0.6 is 0 Å². The first-order valence-corrected chi connectivity index (χ1v) is 33.4. The molecule has 0 aromatic carbocycles. The fourth-order valence-electron chi connectivity index (χ4n) is 11.3. The van der Waals surface area contributed by atoms with Crippen molar-refractivity contribution in [2.75, 3.05) is 13.2 Å². The van der Waals surface area contributed by atoms with Gasteiger partial charge in [-0.15, -0.1) is 0 Å². The van der Waals surface area contributed by atoms with E-state index in [1.807, 2.05) is 0 Å². The number of hydrogen-bond acceptors (Lipinski definition) is 10. The van der Waals surface area contributed by atoms with Gasteiger partial charge in [-0.2, -0.15) is 0 Å². The van der Waals surface area contributed by atoms with Gasteiger partial charge >= 0.3 is 0 Å². The quantitative estimate of drug-likeness (QED) is 0.0272. The van der Waals surface area contributed by atoms with E-state index in [1.54, 1.807) is 0 Å². The van der Waals surface area contributed by atoms with Gasteiger partial charge in [-0.1, -0.05) is 328 Å². The van der Waals surface area contributed by atoms with Gasteiger partial charge in [0.2, 0.25) is 5.91 Å². The molecule has 11 heteroatoms. The minimum atomic E-state index is -1.66. The summed E-state index contributed by atoms with van der Waals surface area (Å²) in [4.78, 5) is 13.2. The topological polar surface area (TPSA) is 189 Å². The second-order valence-electron chi connectivity index (χ2n) is 23.9. The van der Waals surface area contributed by atoms with E-state index in [9.17, 15) is 40.5 Å². The zero-order valence-electron chi connectivity index (χ0n) is 50.0. The molecule has 76 heavy (non-hydrogen) atoms. The minimum absolute atomic E-state index is 0.267. The number of aliphatic hydroxyl groups excluding tert-OH is 7. The third-order valence-electron chi connectivity index (χ3n) is 16.7. The summed E-state index contributed by atoms with van der Waals surface area (Å²) in [5, 5.41) is 76.4. The maximum atomic E-state index is 13.2. The Hall–Kier alpha value is -0.890. The average molecular weight is 1080 g/mol. The molecular weight excluding hydrogens is 955 g/mol. The molecule has 454 valence electrons. The highest BCUT2D eigenvalue weighted by Crippen LogP contribution is 2.24. The van der Waals surface area contributed by atoms with Crippen LogP contribution in [-0.2, 0) is 14.3 Å². The maximum absolute atomic E-state index is 13.2. The van der Waals surface area contributed by atoms with Gasteiger partial charge in [-0.05, 0) is 12.8 Å². The lowest BCUT2D eigenvalue weighted by Crippen LogP contribution is -2.60. The first kappa shape index (κ1) is 73.1. The Labute approximate surface area is 469 Å². The highest BCUT2D eigenvalue weighted by atomic mass is 16.7. The van der Waals surface area contributed by atoms with E-state index in [2.05, 4.69) is 19.2 Å². The molecule has 1 fully saturated rings. The lowest BCUT2D eigenvalue weighted by molar-refractivity contribution is -0.303. The molecule has 0 bridgehead atoms. The summed E-state index contributed by atoms with van der Waals surface area (Å²) in [5.74, 6) is -0.689. The molecule has 11 nitrogen and oxygen atoms in total. The van der Waals surface area contributed by atoms with Gasteiger partial charge in [0, 0.05) is 0 Å². The number of rotatable bonds is 59. The molecule has 1 heterocycles. The smallest absolute Gasteiger partial charge is 0.249 e. The lowest BCUT2D eigenvalue weighted by Gasteiger charge is -2.40. The van der Waals surface area contributed by atoms with Gasteiger partial charge < -0.3 is 50.5 Å². The SMILES string of the molecule is CCCCCCCCCCCCCCCCCCCCCCCCCCCCCCCCCCC(O)C(O)C(COC1OC(CO)C(O)C(O)C1O)NC(=O)C(O)CCCCCCCCCCCCCCCCCCC. The predicted octanol–water partition coefficient (Wildman–Crippen LogP) is 15.3. The van der Waals surface area contributed by atoms with Gasteiger partial charge in [0.25, 0.3) is 0 Å². The van der Waals surface area contributed by atoms with Crippen LogP contribution < -0.4 is 5.32 Å². The second kappa shape index (κ2) is 54.7. The Morgan fingerprint density at radius 3 is 0.974 bits per heavy atom. The largest absolute Gasteiger partial charge is 0.394 e. The number of unbranched alkanes of at least 4 members (excludes halogenated alkanes) is 47. The maximum Gasteiger partial charge on any atom is 0.249 e. The molecule has 0 saturated carbocycles. The van der Waals surface area contributed by atoms with Gasteiger partial charge in [0.05, 0.1) is 25.4 Å². The van der Waals surface area contributed by atoms with E-state index in [0.29, 0.717) is 19.3 Å². The fourth-order valence-corrected chi connectivity index (χ4v) is 11.3. The highest BCUT2D eigenvalue weighted by molar-refractivity contribution is 5.80. The van der Waals surface area contributed by atoms with Crippen molar-refractivity contribution in [2.45, 2.75) is 396 Å². The Kier molecular flexibility index (Phi) is 52.6. The van der Waals surface area contributed by atoms with E-state index in [4.69, 9.17) is 9.47 Å². The van der Waals surface area contributed by atoms with Crippen LogP contribution in [0.4, 0.5) is 0 Å². The van der Waals surface area contributed by atoms with Crippen LogP contribution in [0, 0.1) is 0 Å². The van der Waals surface area contributed by atoms with Gasteiger partial charge in [0.1, 0.15) is 36.6 Å². The first-order chi connectivity index (χ1) is 37.2. The van der Waals surface area contributed by atoms with Crippen LogP contribution in [0.1, 0.15) is 341 Å². The molecule has 0 radical (unpaired) electrons. The standard InChI is InChI=1S/C65H129NO10/c1-3-5-7-9-11-13-15-17-19-21-22-23-24-25-26-27-28-29-30-31-32-33-34-35-37-38-40-42-44-46-48-50-52-57(68)60(70)56(55-75-65-63(73)62(72)61(71)59(54-67)76-65)66-64(74)58(69)53-51-49-47-45-43-41-39-36-20-18-16-14-12-10-8-6-4-2/h56-63,65,67-73H,3-55H2,1-2H3,(H,66,74). The molecule has 0 spiro atoms. The number of nitrogens with one attached hydrogen (secondary N) is 1. The summed E-state index contributed by atoms with van der Waals surface area (Å²) in [6.07, 6.45) is 53.3. The summed E-state index contributed by atoms with van der Waals surface area (Å²) < 4.78 is 11.2. The third kappa shape index (κ3) is 42.0. The van der Waals surface area contributed by atoms with Crippen LogP contribution in [0.5, 0.6) is 0 Å². The third-order valence-corrected chi connectivity index (χ3v) is 16.7. The molecule has 1 aliphatic heterocycles. The van der Waals surface area contributed by atoms with Crippen LogP contribution in [0.3, 0.4) is 0 Å². The van der Waals surface area contributed by atoms with Gasteiger partial charge in [-0.3, -0.25) is 4.79 Å². The van der Waals surface area contributed by atoms with Crippen molar-refractivity contribution >= 4 is 5.91 Å². The zero-order valence-corrected chi connectivity index (χ0v) is 50.0. The molecule has 1 amide bonds. The number of aliphatic hydroxyl groups is 7. The van der Waals surface area contributed by atoms with E-state index in [-0.39, 0.29) is 6.42 Å². The first-order valence-electron chi connectivity index (χ1n) is 33.4. The van der Waals surface area contributed by atoms with E-state index >= 15 is 0 Å². The number of amides is 1. The Morgan fingerprint density at radius 1 is 0.408 bits per heavy atom. The fraction of sp³-hybridized carbons (Fsp3) is 0.985. The summed E-state index contributed by atoms with van der Waals surface area (Å²) >= 11 is 0. The molecule has 1 aliphatic rings. The summed E-state index contributed by atoms with van der Waals surface area (Å²) in [5.41, 5.74) is 0. The van der Waals surface area contributed by atoms with Crippen LogP contribution in [-0.4, -0.2) is 110 Å². The van der Waals surface area contributed by atoms with E-state index in [1.165, 1.54) is 263 Å². The van der Waals surface area contributed by atoms with Crippen molar-refractivity contribution in [3.8, 4) is 0 Å². The van der Waals surface area contributed by atoms with Crippen molar-refractivity contribution in [3.63, 3.8) is 0 Å². The van der Waals surface area contributed by atoms with Crippen LogP contribution in [0.2, 0.25) is 0 Å². The molecule has 9 unspecified atom stereocenters. The Morgan fingerprint density at radius 2 is 0.684 bits per heavy atom. The molecule has 0 aromatic rings. The van der Waals surface area contributed by atoms with E-state index < -0.39 is 74.2 Å². The lowest BCUT2D eigenvalue weighted by atomic mass is 9.98. The summed E-state index contributed by atoms with van der Waals surface area (Å²) in [7, 11) is 0. The van der Waals surface area contributed by atoms with Crippen molar-refractivity contribution in [3.05, 3.63) is 0 Å². The summed E-state index contributed by atoms with van der Waals surface area (Å²) in [6, 6.07) is -1.16. The Bertz CT molecular complexity index is 1200. The number of hydrogen-bond donors (Lipinski definition) is 8. The normalized spacial score (nSPS) is 19.5. The summed E-state index contributed by atoms with van der Waals surface area (Å²) in [6.45, 7) is 3.51. The number of carbonyl (C=O) groups excluding carboxylic acids is 1. The van der Waals surface area contributed by atoms with Crippen molar-refractivity contribution in [1.82, 2.24) is 5.32 Å². The van der Waals surface area contributed by atoms with Gasteiger partial charge in [0.15, 0.2) is 6.29 Å². The van der Waals surface area contributed by atoms with Gasteiger partial charge in [-0.25, -0.2) is 0 Å². The van der Waals surface area contributed by atoms with Crippen molar-refractivity contribution in [2.24, 2.45) is 0 Å². The Balaban J connectivity index is 2.17. The predicted molar refractivity (Wildman–Crippen MR) is 316 cm³/mol. The monoisotopic (exact) mass is 1080 g/mol. The average Bonchev–Trinajstić information content (AvgIpc) is 3.42. The van der Waals surface area contributed by atoms with E-state index in [0.717, 1.165) is 38.5 Å². The molecule has 8 N–H and O–H groups in total. The highest BCUT2D eigenvalue weighted by Gasteiger charge is 2.44.